The van der Waals surface area contributed by atoms with E-state index in [0.717, 1.165) is 22.3 Å². The summed E-state index contributed by atoms with van der Waals surface area (Å²) in [7, 11) is 0. The normalized spacial score (nSPS) is 10.9. The first-order valence-electron chi connectivity index (χ1n) is 9.46. The van der Waals surface area contributed by atoms with E-state index >= 15 is 0 Å². The van der Waals surface area contributed by atoms with Crippen LogP contribution in [-0.2, 0) is 4.79 Å². The van der Waals surface area contributed by atoms with E-state index in [1.54, 1.807) is 0 Å². The molecule has 0 heterocycles. The molecule has 0 aliphatic rings. The molecule has 0 aliphatic carbocycles. The number of esters is 1. The second-order valence-electron chi connectivity index (χ2n) is 6.73. The second kappa shape index (κ2) is 9.98. The molecule has 0 unspecified atom stereocenters. The SMILES string of the molecule is C/C(=C\C=C(c1ccccc1)c1ccccc1)CC(=O)Oc1ccc([N+](=O)[O-])cc1. The van der Waals surface area contributed by atoms with Crippen molar-refractivity contribution in [3.8, 4) is 5.75 Å². The monoisotopic (exact) mass is 399 g/mol. The first-order chi connectivity index (χ1) is 14.5. The molecule has 5 heteroatoms. The van der Waals surface area contributed by atoms with Crippen LogP contribution in [0.5, 0.6) is 5.75 Å². The van der Waals surface area contributed by atoms with Crippen molar-refractivity contribution in [3.05, 3.63) is 124 Å². The Bertz CT molecular complexity index is 1030. The van der Waals surface area contributed by atoms with Crippen LogP contribution in [0.1, 0.15) is 24.5 Å². The average Bonchev–Trinajstić information content (AvgIpc) is 2.75. The Morgan fingerprint density at radius 1 is 0.867 bits per heavy atom. The minimum absolute atomic E-state index is 0.0506. The number of nitro groups is 1. The van der Waals surface area contributed by atoms with Gasteiger partial charge in [-0.15, -0.1) is 0 Å². The third-order valence-electron chi connectivity index (χ3n) is 4.41. The van der Waals surface area contributed by atoms with Gasteiger partial charge in [0.1, 0.15) is 5.75 Å². The van der Waals surface area contributed by atoms with E-state index in [1.165, 1.54) is 24.3 Å². The molecule has 0 atom stereocenters. The lowest BCUT2D eigenvalue weighted by Crippen LogP contribution is -2.08. The molecule has 0 saturated heterocycles. The molecular weight excluding hydrogens is 378 g/mol. The first-order valence-corrected chi connectivity index (χ1v) is 9.46. The second-order valence-corrected chi connectivity index (χ2v) is 6.73. The summed E-state index contributed by atoms with van der Waals surface area (Å²) in [6.45, 7) is 1.86. The van der Waals surface area contributed by atoms with Crippen molar-refractivity contribution >= 4 is 17.2 Å². The van der Waals surface area contributed by atoms with E-state index in [-0.39, 0.29) is 17.9 Å². The lowest BCUT2D eigenvalue weighted by atomic mass is 9.97. The van der Waals surface area contributed by atoms with Gasteiger partial charge in [0.15, 0.2) is 0 Å². The van der Waals surface area contributed by atoms with Crippen molar-refractivity contribution < 1.29 is 14.5 Å². The maximum Gasteiger partial charge on any atom is 0.315 e. The number of nitrogens with zero attached hydrogens (tertiary/aromatic N) is 1. The van der Waals surface area contributed by atoms with Gasteiger partial charge in [0.2, 0.25) is 0 Å². The van der Waals surface area contributed by atoms with Gasteiger partial charge < -0.3 is 4.74 Å². The van der Waals surface area contributed by atoms with Gasteiger partial charge in [0.25, 0.3) is 5.69 Å². The molecule has 0 fully saturated rings. The highest BCUT2D eigenvalue weighted by atomic mass is 16.6. The quantitative estimate of drug-likeness (QED) is 0.161. The van der Waals surface area contributed by atoms with Crippen LogP contribution in [0.15, 0.2) is 103 Å². The van der Waals surface area contributed by atoms with Gasteiger partial charge in [-0.2, -0.15) is 0 Å². The molecule has 0 amide bonds. The van der Waals surface area contributed by atoms with Gasteiger partial charge in [-0.1, -0.05) is 78.4 Å². The van der Waals surface area contributed by atoms with E-state index in [4.69, 9.17) is 4.74 Å². The molecule has 3 rings (SSSR count). The molecule has 5 nitrogen and oxygen atoms in total. The van der Waals surface area contributed by atoms with Crippen molar-refractivity contribution in [2.24, 2.45) is 0 Å². The topological polar surface area (TPSA) is 69.4 Å². The molecule has 0 aliphatic heterocycles. The number of hydrogen-bond donors (Lipinski definition) is 0. The standard InChI is InChI=1S/C25H21NO4/c1-19(18-25(27)30-23-15-13-22(14-16-23)26(28)29)12-17-24(20-8-4-2-5-9-20)21-10-6-3-7-11-21/h2-17H,18H2,1H3/b19-12+. The fraction of sp³-hybridized carbons (Fsp3) is 0.0800. The number of allylic oxidation sites excluding steroid dienone is 2. The van der Waals surface area contributed by atoms with Crippen molar-refractivity contribution in [2.75, 3.05) is 0 Å². The van der Waals surface area contributed by atoms with Gasteiger partial charge >= 0.3 is 5.97 Å². The minimum atomic E-state index is -0.498. The number of carbonyl (C=O) groups excluding carboxylic acids is 1. The summed E-state index contributed by atoms with van der Waals surface area (Å²) in [4.78, 5) is 22.4. The summed E-state index contributed by atoms with van der Waals surface area (Å²) < 4.78 is 5.27. The van der Waals surface area contributed by atoms with Crippen LogP contribution in [0.25, 0.3) is 5.57 Å². The number of non-ortho nitro benzene ring substituents is 1. The molecule has 150 valence electrons. The van der Waals surface area contributed by atoms with Crippen LogP contribution in [-0.4, -0.2) is 10.9 Å². The van der Waals surface area contributed by atoms with Crippen molar-refractivity contribution in [3.63, 3.8) is 0 Å². The van der Waals surface area contributed by atoms with E-state index in [1.807, 2.05) is 79.7 Å². The zero-order valence-electron chi connectivity index (χ0n) is 16.5. The van der Waals surface area contributed by atoms with Gasteiger partial charge in [-0.05, 0) is 35.8 Å². The van der Waals surface area contributed by atoms with Crippen LogP contribution in [0.2, 0.25) is 0 Å². The zero-order chi connectivity index (χ0) is 21.3. The zero-order valence-corrected chi connectivity index (χ0v) is 16.5. The first kappa shape index (κ1) is 20.7. The van der Waals surface area contributed by atoms with E-state index in [0.29, 0.717) is 0 Å². The molecule has 0 saturated carbocycles. The fourth-order valence-corrected chi connectivity index (χ4v) is 2.91. The summed E-state index contributed by atoms with van der Waals surface area (Å²) in [5.74, 6) is -0.143. The highest BCUT2D eigenvalue weighted by Gasteiger charge is 2.09. The number of nitro benzene ring substituents is 1. The number of rotatable bonds is 7. The minimum Gasteiger partial charge on any atom is -0.426 e. The summed E-state index contributed by atoms with van der Waals surface area (Å²) >= 11 is 0. The lowest BCUT2D eigenvalue weighted by Gasteiger charge is -2.08. The van der Waals surface area contributed by atoms with Crippen LogP contribution >= 0.6 is 0 Å². The molecule has 0 aromatic heterocycles. The molecule has 30 heavy (non-hydrogen) atoms. The summed E-state index contributed by atoms with van der Waals surface area (Å²) in [6, 6.07) is 25.5. The van der Waals surface area contributed by atoms with Crippen LogP contribution in [0.4, 0.5) is 5.69 Å². The van der Waals surface area contributed by atoms with Crippen molar-refractivity contribution in [1.82, 2.24) is 0 Å². The molecule has 0 radical (unpaired) electrons. The van der Waals surface area contributed by atoms with E-state index < -0.39 is 10.9 Å². The molecule has 3 aromatic carbocycles. The predicted octanol–water partition coefficient (Wildman–Crippen LogP) is 5.97. The van der Waals surface area contributed by atoms with E-state index in [2.05, 4.69) is 0 Å². The largest absolute Gasteiger partial charge is 0.426 e. The maximum absolute atomic E-state index is 12.2. The lowest BCUT2D eigenvalue weighted by molar-refractivity contribution is -0.384. The Hall–Kier alpha value is -3.99. The summed E-state index contributed by atoms with van der Waals surface area (Å²) in [6.07, 6.45) is 4.02. The number of hydrogen-bond acceptors (Lipinski definition) is 4. The van der Waals surface area contributed by atoms with Crippen molar-refractivity contribution in [1.29, 1.82) is 0 Å². The Kier molecular flexibility index (Phi) is 6.90. The molecule has 3 aromatic rings. The third-order valence-corrected chi connectivity index (χ3v) is 4.41. The fourth-order valence-electron chi connectivity index (χ4n) is 2.91. The Morgan fingerprint density at radius 3 is 1.90 bits per heavy atom. The highest BCUT2D eigenvalue weighted by molar-refractivity contribution is 5.81. The maximum atomic E-state index is 12.2. The van der Waals surface area contributed by atoms with Gasteiger partial charge in [-0.3, -0.25) is 14.9 Å². The van der Waals surface area contributed by atoms with Crippen molar-refractivity contribution in [2.45, 2.75) is 13.3 Å². The van der Waals surface area contributed by atoms with Crippen LogP contribution in [0, 0.1) is 10.1 Å². The summed E-state index contributed by atoms with van der Waals surface area (Å²) in [5, 5.41) is 10.7. The summed E-state index contributed by atoms with van der Waals surface area (Å²) in [5.41, 5.74) is 4.01. The number of benzene rings is 3. The Balaban J connectivity index is 1.73. The van der Waals surface area contributed by atoms with Crippen LogP contribution in [0.3, 0.4) is 0 Å². The predicted molar refractivity (Wildman–Crippen MR) is 117 cm³/mol. The highest BCUT2D eigenvalue weighted by Crippen LogP contribution is 2.24. The molecule has 0 spiro atoms. The Morgan fingerprint density at radius 2 is 1.40 bits per heavy atom. The molecular formula is C25H21NO4. The molecule has 0 N–H and O–H groups in total. The number of ether oxygens (including phenoxy) is 1. The number of carbonyl (C=O) groups is 1. The van der Waals surface area contributed by atoms with Gasteiger partial charge in [0.05, 0.1) is 11.3 Å². The Labute approximate surface area is 175 Å². The smallest absolute Gasteiger partial charge is 0.315 e. The van der Waals surface area contributed by atoms with Gasteiger partial charge in [0, 0.05) is 12.1 Å². The average molecular weight is 399 g/mol. The third kappa shape index (κ3) is 5.75. The van der Waals surface area contributed by atoms with E-state index in [9.17, 15) is 14.9 Å². The van der Waals surface area contributed by atoms with Crippen LogP contribution < -0.4 is 4.74 Å². The molecule has 0 bridgehead atoms. The van der Waals surface area contributed by atoms with Gasteiger partial charge in [-0.25, -0.2) is 0 Å².